The number of aliphatic hydroxyl groups is 1. The highest BCUT2D eigenvalue weighted by Gasteiger charge is 2.19. The van der Waals surface area contributed by atoms with Gasteiger partial charge in [0.05, 0.1) is 19.8 Å². The Labute approximate surface area is 90.6 Å². The molecule has 90 valence electrons. The zero-order valence-electron chi connectivity index (χ0n) is 8.58. The highest BCUT2D eigenvalue weighted by Crippen LogP contribution is 2.32. The highest BCUT2D eigenvalue weighted by molar-refractivity contribution is 5.41. The van der Waals surface area contributed by atoms with Crippen LogP contribution in [0.2, 0.25) is 0 Å². The molecule has 6 heteroatoms. The molecule has 0 aliphatic rings. The molecule has 16 heavy (non-hydrogen) atoms. The van der Waals surface area contributed by atoms with E-state index in [-0.39, 0.29) is 11.3 Å². The smallest absolute Gasteiger partial charge is 0.263 e. The van der Waals surface area contributed by atoms with E-state index in [0.29, 0.717) is 6.07 Å². The Morgan fingerprint density at radius 3 is 2.50 bits per heavy atom. The van der Waals surface area contributed by atoms with Gasteiger partial charge in [0.15, 0.2) is 11.6 Å². The number of hydrogen-bond acceptors (Lipinski definition) is 3. The van der Waals surface area contributed by atoms with Gasteiger partial charge in [-0.1, -0.05) is 0 Å². The predicted octanol–water partition coefficient (Wildman–Crippen LogP) is 1.76. The Hall–Kier alpha value is -1.27. The predicted molar refractivity (Wildman–Crippen MR) is 51.9 cm³/mol. The molecule has 0 saturated heterocycles. The van der Waals surface area contributed by atoms with Crippen molar-refractivity contribution in [1.82, 2.24) is 0 Å². The second kappa shape index (κ2) is 5.18. The molecule has 0 aliphatic carbocycles. The molecule has 0 heterocycles. The first-order valence-corrected chi connectivity index (χ1v) is 4.53. The molecule has 0 amide bonds. The van der Waals surface area contributed by atoms with Crippen molar-refractivity contribution in [3.63, 3.8) is 0 Å². The van der Waals surface area contributed by atoms with E-state index >= 15 is 0 Å². The lowest BCUT2D eigenvalue weighted by Gasteiger charge is -2.15. The molecule has 0 bridgehead atoms. The first-order valence-electron chi connectivity index (χ1n) is 4.53. The Balaban J connectivity index is 3.30. The molecular formula is C10H12F3NO2. The molecule has 3 N–H and O–H groups in total. The third-order valence-electron chi connectivity index (χ3n) is 2.15. The molecule has 1 aromatic rings. The number of rotatable bonds is 4. The quantitative estimate of drug-likeness (QED) is 0.836. The SMILES string of the molecule is COc1c(F)cc(C(F)F)cc1C(N)CO. The lowest BCUT2D eigenvalue weighted by atomic mass is 10.0. The number of aliphatic hydroxyl groups excluding tert-OH is 1. The monoisotopic (exact) mass is 235 g/mol. The Kier molecular flexibility index (Phi) is 4.14. The molecule has 0 radical (unpaired) electrons. The van der Waals surface area contributed by atoms with E-state index in [0.717, 1.165) is 6.07 Å². The van der Waals surface area contributed by atoms with E-state index in [9.17, 15) is 13.2 Å². The largest absolute Gasteiger partial charge is 0.493 e. The fraction of sp³-hybridized carbons (Fsp3) is 0.400. The zero-order chi connectivity index (χ0) is 12.3. The number of hydrogen-bond donors (Lipinski definition) is 2. The van der Waals surface area contributed by atoms with Gasteiger partial charge in [-0.25, -0.2) is 13.2 Å². The van der Waals surface area contributed by atoms with Crippen LogP contribution in [0.3, 0.4) is 0 Å². The maximum atomic E-state index is 13.4. The van der Waals surface area contributed by atoms with Crippen LogP contribution in [0, 0.1) is 5.82 Å². The van der Waals surface area contributed by atoms with Crippen LogP contribution in [0.1, 0.15) is 23.6 Å². The van der Waals surface area contributed by atoms with Gasteiger partial charge in [0, 0.05) is 11.1 Å². The van der Waals surface area contributed by atoms with Gasteiger partial charge in [0.25, 0.3) is 6.43 Å². The van der Waals surface area contributed by atoms with Crippen LogP contribution < -0.4 is 10.5 Å². The van der Waals surface area contributed by atoms with Crippen LogP contribution >= 0.6 is 0 Å². The normalized spacial score (nSPS) is 12.9. The molecule has 0 aliphatic heterocycles. The number of benzene rings is 1. The summed E-state index contributed by atoms with van der Waals surface area (Å²) in [7, 11) is 1.20. The van der Waals surface area contributed by atoms with Crippen LogP contribution in [0.4, 0.5) is 13.2 Å². The molecule has 1 aromatic carbocycles. The minimum Gasteiger partial charge on any atom is -0.493 e. The number of ether oxygens (including phenoxy) is 1. The summed E-state index contributed by atoms with van der Waals surface area (Å²) in [6.07, 6.45) is -2.80. The molecule has 1 rings (SSSR count). The second-order valence-corrected chi connectivity index (χ2v) is 3.21. The summed E-state index contributed by atoms with van der Waals surface area (Å²) < 4.78 is 42.9. The third kappa shape index (κ3) is 2.45. The van der Waals surface area contributed by atoms with Crippen molar-refractivity contribution in [3.8, 4) is 5.75 Å². The van der Waals surface area contributed by atoms with Crippen molar-refractivity contribution >= 4 is 0 Å². The van der Waals surface area contributed by atoms with Crippen molar-refractivity contribution in [2.45, 2.75) is 12.5 Å². The maximum Gasteiger partial charge on any atom is 0.263 e. The number of halogens is 3. The first kappa shape index (κ1) is 12.8. The van der Waals surface area contributed by atoms with Gasteiger partial charge >= 0.3 is 0 Å². The lowest BCUT2D eigenvalue weighted by molar-refractivity contribution is 0.150. The first-order chi connectivity index (χ1) is 7.51. The third-order valence-corrected chi connectivity index (χ3v) is 2.15. The maximum absolute atomic E-state index is 13.4. The Morgan fingerprint density at radius 1 is 1.44 bits per heavy atom. The van der Waals surface area contributed by atoms with E-state index in [2.05, 4.69) is 0 Å². The van der Waals surface area contributed by atoms with Crippen LogP contribution in [0.25, 0.3) is 0 Å². The molecular weight excluding hydrogens is 223 g/mol. The van der Waals surface area contributed by atoms with E-state index in [1.54, 1.807) is 0 Å². The van der Waals surface area contributed by atoms with Crippen molar-refractivity contribution in [2.75, 3.05) is 13.7 Å². The van der Waals surface area contributed by atoms with Crippen molar-refractivity contribution in [3.05, 3.63) is 29.1 Å². The van der Waals surface area contributed by atoms with E-state index < -0.39 is 30.5 Å². The van der Waals surface area contributed by atoms with Crippen molar-refractivity contribution in [1.29, 1.82) is 0 Å². The Morgan fingerprint density at radius 2 is 2.06 bits per heavy atom. The van der Waals surface area contributed by atoms with Gasteiger partial charge in [-0.05, 0) is 12.1 Å². The second-order valence-electron chi connectivity index (χ2n) is 3.21. The van der Waals surface area contributed by atoms with Gasteiger partial charge < -0.3 is 15.6 Å². The summed E-state index contributed by atoms with van der Waals surface area (Å²) in [6.45, 7) is -0.484. The van der Waals surface area contributed by atoms with Gasteiger partial charge in [-0.15, -0.1) is 0 Å². The summed E-state index contributed by atoms with van der Waals surface area (Å²) in [5, 5.41) is 8.84. The average molecular weight is 235 g/mol. The van der Waals surface area contributed by atoms with Crippen LogP contribution in [0.15, 0.2) is 12.1 Å². The standard InChI is InChI=1S/C10H12F3NO2/c1-16-9-6(8(14)4-15)2-5(10(12)13)3-7(9)11/h2-3,8,10,15H,4,14H2,1H3. The Bertz CT molecular complexity index is 371. The fourth-order valence-electron chi connectivity index (χ4n) is 1.35. The average Bonchev–Trinajstić information content (AvgIpc) is 2.26. The van der Waals surface area contributed by atoms with Crippen LogP contribution in [0.5, 0.6) is 5.75 Å². The number of methoxy groups -OCH3 is 1. The van der Waals surface area contributed by atoms with Gasteiger partial charge in [-0.2, -0.15) is 0 Å². The van der Waals surface area contributed by atoms with E-state index in [1.165, 1.54) is 7.11 Å². The van der Waals surface area contributed by atoms with Crippen LogP contribution in [-0.2, 0) is 0 Å². The van der Waals surface area contributed by atoms with Crippen molar-refractivity contribution < 1.29 is 23.0 Å². The molecule has 1 unspecified atom stereocenters. The topological polar surface area (TPSA) is 55.5 Å². The van der Waals surface area contributed by atoms with Crippen molar-refractivity contribution in [2.24, 2.45) is 5.73 Å². The van der Waals surface area contributed by atoms with Gasteiger partial charge in [0.2, 0.25) is 0 Å². The summed E-state index contributed by atoms with van der Waals surface area (Å²) in [5.41, 5.74) is 5.01. The minimum atomic E-state index is -2.80. The summed E-state index contributed by atoms with van der Waals surface area (Å²) in [5.74, 6) is -1.13. The van der Waals surface area contributed by atoms with Gasteiger partial charge in [0.1, 0.15) is 0 Å². The molecule has 0 spiro atoms. The number of nitrogens with two attached hydrogens (primary N) is 1. The molecule has 1 atom stereocenters. The fourth-order valence-corrected chi connectivity index (χ4v) is 1.35. The molecule has 0 fully saturated rings. The highest BCUT2D eigenvalue weighted by atomic mass is 19.3. The molecule has 0 saturated carbocycles. The lowest BCUT2D eigenvalue weighted by Crippen LogP contribution is -2.16. The molecule has 3 nitrogen and oxygen atoms in total. The van der Waals surface area contributed by atoms with Crippen LogP contribution in [-0.4, -0.2) is 18.8 Å². The van der Waals surface area contributed by atoms with E-state index in [1.807, 2.05) is 0 Å². The minimum absolute atomic E-state index is 0.0281. The summed E-state index contributed by atoms with van der Waals surface area (Å²) in [6, 6.07) is 0.771. The number of alkyl halides is 2. The summed E-state index contributed by atoms with van der Waals surface area (Å²) >= 11 is 0. The van der Waals surface area contributed by atoms with E-state index in [4.69, 9.17) is 15.6 Å². The summed E-state index contributed by atoms with van der Waals surface area (Å²) in [4.78, 5) is 0. The molecule has 0 aromatic heterocycles. The zero-order valence-corrected chi connectivity index (χ0v) is 8.58. The van der Waals surface area contributed by atoms with Gasteiger partial charge in [-0.3, -0.25) is 0 Å².